The van der Waals surface area contributed by atoms with Crippen molar-refractivity contribution < 1.29 is 18.0 Å². The van der Waals surface area contributed by atoms with E-state index in [4.69, 9.17) is 11.6 Å². The number of nitrogens with zero attached hydrogens (tertiary/aromatic N) is 4. The van der Waals surface area contributed by atoms with Crippen LogP contribution in [0.15, 0.2) is 41.4 Å². The first-order valence-corrected chi connectivity index (χ1v) is 9.93. The van der Waals surface area contributed by atoms with Crippen molar-refractivity contribution in [1.29, 1.82) is 0 Å². The highest BCUT2D eigenvalue weighted by atomic mass is 35.5. The summed E-state index contributed by atoms with van der Waals surface area (Å²) in [4.78, 5) is 21.2. The Hall–Kier alpha value is -2.98. The van der Waals surface area contributed by atoms with Crippen molar-refractivity contribution in [1.82, 2.24) is 19.7 Å². The maximum Gasteiger partial charge on any atom is 0.416 e. The van der Waals surface area contributed by atoms with E-state index in [9.17, 15) is 18.0 Å². The van der Waals surface area contributed by atoms with Gasteiger partial charge in [0.25, 0.3) is 5.91 Å². The molecular formula is C19H13ClF3N5OS. The van der Waals surface area contributed by atoms with Gasteiger partial charge in [-0.1, -0.05) is 11.6 Å². The van der Waals surface area contributed by atoms with Crippen LogP contribution in [0.25, 0.3) is 11.0 Å². The zero-order chi connectivity index (χ0) is 21.5. The van der Waals surface area contributed by atoms with E-state index in [0.717, 1.165) is 17.8 Å². The van der Waals surface area contributed by atoms with Crippen molar-refractivity contribution in [2.45, 2.75) is 19.6 Å². The molecule has 1 N–H and O–H groups in total. The van der Waals surface area contributed by atoms with Crippen LogP contribution in [0.4, 0.5) is 18.9 Å². The standard InChI is InChI=1S/C19H13ClF3N5OS/c1-10-15-16(20)14(6-24-17(15)28(27-10)7-13-8-30-9-25-13)18(29)26-12-4-2-11(3-5-12)19(21,22)23/h2-6,8-9H,7H2,1H3,(H,26,29). The van der Waals surface area contributed by atoms with Crippen molar-refractivity contribution in [2.24, 2.45) is 0 Å². The van der Waals surface area contributed by atoms with Crippen molar-refractivity contribution in [3.63, 3.8) is 0 Å². The van der Waals surface area contributed by atoms with Crippen molar-refractivity contribution >= 4 is 45.6 Å². The number of hydrogen-bond donors (Lipinski definition) is 1. The predicted octanol–water partition coefficient (Wildman–Crippen LogP) is 5.17. The Morgan fingerprint density at radius 2 is 1.97 bits per heavy atom. The molecule has 11 heteroatoms. The third-order valence-corrected chi connectivity index (χ3v) is 5.41. The lowest BCUT2D eigenvalue weighted by Gasteiger charge is -2.10. The molecule has 0 radical (unpaired) electrons. The molecule has 4 rings (SSSR count). The third kappa shape index (κ3) is 3.88. The lowest BCUT2D eigenvalue weighted by molar-refractivity contribution is -0.137. The SMILES string of the molecule is Cc1nn(Cc2cscn2)c2ncc(C(=O)Nc3ccc(C(F)(F)F)cc3)c(Cl)c12. The summed E-state index contributed by atoms with van der Waals surface area (Å²) in [6, 6.07) is 4.14. The molecule has 6 nitrogen and oxygen atoms in total. The van der Waals surface area contributed by atoms with E-state index in [-0.39, 0.29) is 16.3 Å². The average Bonchev–Trinajstić information content (AvgIpc) is 3.30. The number of rotatable bonds is 4. The maximum atomic E-state index is 12.7. The molecule has 0 fully saturated rings. The molecular weight excluding hydrogens is 439 g/mol. The van der Waals surface area contributed by atoms with E-state index < -0.39 is 17.6 Å². The van der Waals surface area contributed by atoms with Crippen LogP contribution in [0.1, 0.15) is 27.3 Å². The molecule has 0 spiro atoms. The van der Waals surface area contributed by atoms with Crippen LogP contribution < -0.4 is 5.32 Å². The largest absolute Gasteiger partial charge is 0.416 e. The molecule has 4 aromatic rings. The van der Waals surface area contributed by atoms with E-state index >= 15 is 0 Å². The maximum absolute atomic E-state index is 12.7. The normalized spacial score (nSPS) is 11.8. The van der Waals surface area contributed by atoms with Crippen LogP contribution in [0.5, 0.6) is 0 Å². The number of benzene rings is 1. The predicted molar refractivity (Wildman–Crippen MR) is 108 cm³/mol. The Bertz CT molecular complexity index is 1220. The quantitative estimate of drug-likeness (QED) is 0.464. The second-order valence-corrected chi connectivity index (χ2v) is 7.53. The summed E-state index contributed by atoms with van der Waals surface area (Å²) in [5.41, 5.74) is 3.16. The van der Waals surface area contributed by atoms with Crippen molar-refractivity contribution in [3.8, 4) is 0 Å². The van der Waals surface area contributed by atoms with Gasteiger partial charge >= 0.3 is 6.18 Å². The van der Waals surface area contributed by atoms with Crippen LogP contribution in [0, 0.1) is 6.92 Å². The third-order valence-electron chi connectivity index (χ3n) is 4.38. The molecule has 0 saturated heterocycles. The van der Waals surface area contributed by atoms with Gasteiger partial charge < -0.3 is 5.32 Å². The van der Waals surface area contributed by atoms with Crippen LogP contribution in [-0.2, 0) is 12.7 Å². The minimum absolute atomic E-state index is 0.0976. The van der Waals surface area contributed by atoms with Gasteiger partial charge in [0.1, 0.15) is 0 Å². The minimum Gasteiger partial charge on any atom is -0.322 e. The number of aromatic nitrogens is 4. The second-order valence-electron chi connectivity index (χ2n) is 6.44. The number of thiazole rings is 1. The Labute approximate surface area is 177 Å². The summed E-state index contributed by atoms with van der Waals surface area (Å²) in [5, 5.41) is 9.58. The number of anilines is 1. The number of nitrogens with one attached hydrogen (secondary N) is 1. The number of hydrogen-bond acceptors (Lipinski definition) is 5. The van der Waals surface area contributed by atoms with E-state index in [1.807, 2.05) is 5.38 Å². The van der Waals surface area contributed by atoms with Crippen molar-refractivity contribution in [2.75, 3.05) is 5.32 Å². The monoisotopic (exact) mass is 451 g/mol. The number of halogens is 4. The highest BCUT2D eigenvalue weighted by molar-refractivity contribution is 7.07. The number of carbonyl (C=O) groups is 1. The molecule has 0 atom stereocenters. The summed E-state index contributed by atoms with van der Waals surface area (Å²) in [6.07, 6.45) is -3.13. The molecule has 0 aliphatic rings. The van der Waals surface area contributed by atoms with E-state index in [0.29, 0.717) is 23.3 Å². The minimum atomic E-state index is -4.45. The number of pyridine rings is 1. The fourth-order valence-electron chi connectivity index (χ4n) is 2.95. The highest BCUT2D eigenvalue weighted by Crippen LogP contribution is 2.31. The molecule has 30 heavy (non-hydrogen) atoms. The van der Waals surface area contributed by atoms with Gasteiger partial charge in [0, 0.05) is 17.3 Å². The summed E-state index contributed by atoms with van der Waals surface area (Å²) in [5.74, 6) is -0.583. The summed E-state index contributed by atoms with van der Waals surface area (Å²) >= 11 is 7.94. The molecule has 1 amide bonds. The van der Waals surface area contributed by atoms with E-state index in [1.165, 1.54) is 29.7 Å². The molecule has 0 aliphatic heterocycles. The van der Waals surface area contributed by atoms with Gasteiger partial charge in [0.05, 0.1) is 45.0 Å². The number of carbonyl (C=O) groups excluding carboxylic acids is 1. The zero-order valence-corrected chi connectivity index (χ0v) is 16.9. The molecule has 0 saturated carbocycles. The Balaban J connectivity index is 1.62. The van der Waals surface area contributed by atoms with Crippen LogP contribution in [0.2, 0.25) is 5.02 Å². The molecule has 3 aromatic heterocycles. The van der Waals surface area contributed by atoms with Crippen LogP contribution in [-0.4, -0.2) is 25.7 Å². The van der Waals surface area contributed by atoms with E-state index in [2.05, 4.69) is 20.4 Å². The molecule has 1 aromatic carbocycles. The highest BCUT2D eigenvalue weighted by Gasteiger charge is 2.30. The summed E-state index contributed by atoms with van der Waals surface area (Å²) < 4.78 is 39.7. The first-order valence-electron chi connectivity index (χ1n) is 8.61. The van der Waals surface area contributed by atoms with Gasteiger partial charge in [-0.25, -0.2) is 14.6 Å². The van der Waals surface area contributed by atoms with Crippen molar-refractivity contribution in [3.05, 3.63) is 68.9 Å². The van der Waals surface area contributed by atoms with Gasteiger partial charge in [-0.2, -0.15) is 18.3 Å². The first-order chi connectivity index (χ1) is 14.2. The zero-order valence-electron chi connectivity index (χ0n) is 15.4. The molecule has 3 heterocycles. The number of alkyl halides is 3. The van der Waals surface area contributed by atoms with Gasteiger partial charge in [0.15, 0.2) is 5.65 Å². The second kappa shape index (κ2) is 7.69. The molecule has 0 aliphatic carbocycles. The Morgan fingerprint density at radius 1 is 1.23 bits per heavy atom. The van der Waals surface area contributed by atoms with Gasteiger partial charge in [-0.3, -0.25) is 4.79 Å². The molecule has 0 bridgehead atoms. The fraction of sp³-hybridized carbons (Fsp3) is 0.158. The lowest BCUT2D eigenvalue weighted by Crippen LogP contribution is -2.14. The molecule has 154 valence electrons. The average molecular weight is 452 g/mol. The van der Waals surface area contributed by atoms with Gasteiger partial charge in [-0.15, -0.1) is 11.3 Å². The van der Waals surface area contributed by atoms with Gasteiger partial charge in [-0.05, 0) is 31.2 Å². The topological polar surface area (TPSA) is 72.7 Å². The van der Waals surface area contributed by atoms with E-state index in [1.54, 1.807) is 17.1 Å². The molecule has 0 unspecified atom stereocenters. The number of fused-ring (bicyclic) bond motifs is 1. The summed E-state index contributed by atoms with van der Waals surface area (Å²) in [6.45, 7) is 2.17. The fourth-order valence-corrected chi connectivity index (χ4v) is 3.86. The van der Waals surface area contributed by atoms with Crippen LogP contribution in [0.3, 0.4) is 0 Å². The van der Waals surface area contributed by atoms with Gasteiger partial charge in [0.2, 0.25) is 0 Å². The first kappa shape index (κ1) is 20.3. The Morgan fingerprint density at radius 3 is 2.60 bits per heavy atom. The Kier molecular flexibility index (Phi) is 5.20. The lowest BCUT2D eigenvalue weighted by atomic mass is 10.1. The summed E-state index contributed by atoms with van der Waals surface area (Å²) in [7, 11) is 0. The van der Waals surface area contributed by atoms with Crippen LogP contribution >= 0.6 is 22.9 Å². The number of amides is 1. The smallest absolute Gasteiger partial charge is 0.322 e. The number of aryl methyl sites for hydroxylation is 1.